The molecule has 1 aromatic rings. The second-order valence-electron chi connectivity index (χ2n) is 5.20. The van der Waals surface area contributed by atoms with E-state index in [1.807, 2.05) is 0 Å². The molecule has 1 fully saturated rings. The average molecular weight is 316 g/mol. The molecular weight excluding hydrogens is 297 g/mol. The number of hydrogen-bond donors (Lipinski definition) is 2. The molecule has 0 spiro atoms. The van der Waals surface area contributed by atoms with Gasteiger partial charge in [-0.05, 0) is 31.0 Å². The van der Waals surface area contributed by atoms with Gasteiger partial charge in [-0.1, -0.05) is 28.8 Å². The first kappa shape index (κ1) is 14.0. The van der Waals surface area contributed by atoms with Crippen molar-refractivity contribution in [3.63, 3.8) is 0 Å². The maximum absolute atomic E-state index is 13.5. The fourth-order valence-electron chi connectivity index (χ4n) is 2.66. The monoisotopic (exact) mass is 315 g/mol. The topological polar surface area (TPSA) is 32.3 Å². The highest BCUT2D eigenvalue weighted by atomic mass is 79.9. The third-order valence-corrected chi connectivity index (χ3v) is 4.32. The van der Waals surface area contributed by atoms with Crippen LogP contribution >= 0.6 is 15.9 Å². The second kappa shape index (κ2) is 6.13. The minimum atomic E-state index is -0.185. The van der Waals surface area contributed by atoms with Gasteiger partial charge < -0.3 is 10.4 Å². The number of hydrogen-bond acceptors (Lipinski definition) is 2. The van der Waals surface area contributed by atoms with Gasteiger partial charge in [0.1, 0.15) is 5.82 Å². The molecule has 4 heteroatoms. The van der Waals surface area contributed by atoms with E-state index in [4.69, 9.17) is 0 Å². The summed E-state index contributed by atoms with van der Waals surface area (Å²) in [4.78, 5) is 0. The highest BCUT2D eigenvalue weighted by Crippen LogP contribution is 2.36. The van der Waals surface area contributed by atoms with Crippen molar-refractivity contribution in [1.82, 2.24) is 5.32 Å². The molecule has 1 aliphatic rings. The zero-order valence-corrected chi connectivity index (χ0v) is 12.0. The summed E-state index contributed by atoms with van der Waals surface area (Å²) >= 11 is 3.34. The van der Waals surface area contributed by atoms with Crippen molar-refractivity contribution in [3.8, 4) is 0 Å². The molecule has 1 aliphatic carbocycles. The van der Waals surface area contributed by atoms with Crippen molar-refractivity contribution in [1.29, 1.82) is 0 Å². The van der Waals surface area contributed by atoms with Crippen LogP contribution in [0.5, 0.6) is 0 Å². The molecule has 100 valence electrons. The van der Waals surface area contributed by atoms with Crippen molar-refractivity contribution in [2.45, 2.75) is 32.2 Å². The Labute approximate surface area is 116 Å². The quantitative estimate of drug-likeness (QED) is 0.874. The van der Waals surface area contributed by atoms with Crippen LogP contribution in [0, 0.1) is 11.2 Å². The van der Waals surface area contributed by atoms with Crippen LogP contribution in [0.25, 0.3) is 0 Å². The minimum Gasteiger partial charge on any atom is -0.396 e. The highest BCUT2D eigenvalue weighted by Gasteiger charge is 2.32. The van der Waals surface area contributed by atoms with Crippen molar-refractivity contribution >= 4 is 15.9 Å². The van der Waals surface area contributed by atoms with Crippen LogP contribution in [-0.4, -0.2) is 18.3 Å². The molecule has 0 atom stereocenters. The standard InChI is InChI=1S/C14H19BrFNO/c15-12-3-4-13(16)11(7-12)8-17-9-14(10-18)5-1-2-6-14/h3-4,7,17-18H,1-2,5-6,8-10H2. The summed E-state index contributed by atoms with van der Waals surface area (Å²) in [6.45, 7) is 1.49. The molecule has 2 N–H and O–H groups in total. The third-order valence-electron chi connectivity index (χ3n) is 3.82. The number of aliphatic hydroxyl groups excluding tert-OH is 1. The smallest absolute Gasteiger partial charge is 0.127 e. The molecule has 0 amide bonds. The first-order valence-corrected chi connectivity index (χ1v) is 7.20. The van der Waals surface area contributed by atoms with E-state index in [1.54, 1.807) is 12.1 Å². The summed E-state index contributed by atoms with van der Waals surface area (Å²) in [7, 11) is 0. The van der Waals surface area contributed by atoms with E-state index < -0.39 is 0 Å². The predicted octanol–water partition coefficient (Wildman–Crippen LogP) is 3.23. The number of rotatable bonds is 5. The normalized spacial score (nSPS) is 18.2. The molecule has 1 saturated carbocycles. The minimum absolute atomic E-state index is 0.0164. The van der Waals surface area contributed by atoms with Gasteiger partial charge in [0.25, 0.3) is 0 Å². The summed E-state index contributed by atoms with van der Waals surface area (Å²) in [5, 5.41) is 12.8. The Hall–Kier alpha value is -0.450. The van der Waals surface area contributed by atoms with Gasteiger partial charge in [-0.25, -0.2) is 4.39 Å². The average Bonchev–Trinajstić information content (AvgIpc) is 2.83. The summed E-state index contributed by atoms with van der Waals surface area (Å²) in [6, 6.07) is 4.96. The van der Waals surface area contributed by atoms with E-state index in [-0.39, 0.29) is 17.8 Å². The molecule has 1 aromatic carbocycles. The van der Waals surface area contributed by atoms with Gasteiger partial charge in [0.05, 0.1) is 0 Å². The summed E-state index contributed by atoms with van der Waals surface area (Å²) in [6.07, 6.45) is 4.51. The Balaban J connectivity index is 1.89. The lowest BCUT2D eigenvalue weighted by molar-refractivity contribution is 0.128. The molecule has 0 radical (unpaired) electrons. The molecule has 0 aromatic heterocycles. The van der Waals surface area contributed by atoms with Gasteiger partial charge in [-0.3, -0.25) is 0 Å². The highest BCUT2D eigenvalue weighted by molar-refractivity contribution is 9.10. The Morgan fingerprint density at radius 3 is 2.72 bits per heavy atom. The fourth-order valence-corrected chi connectivity index (χ4v) is 3.07. The summed E-state index contributed by atoms with van der Waals surface area (Å²) in [5.74, 6) is -0.185. The summed E-state index contributed by atoms with van der Waals surface area (Å²) < 4.78 is 14.4. The molecule has 0 unspecified atom stereocenters. The molecule has 0 heterocycles. The van der Waals surface area contributed by atoms with Gasteiger partial charge in [0.2, 0.25) is 0 Å². The van der Waals surface area contributed by atoms with E-state index in [9.17, 15) is 9.50 Å². The van der Waals surface area contributed by atoms with Crippen LogP contribution in [0.1, 0.15) is 31.2 Å². The maximum atomic E-state index is 13.5. The molecular formula is C14H19BrFNO. The lowest BCUT2D eigenvalue weighted by Gasteiger charge is -2.26. The SMILES string of the molecule is OCC1(CNCc2cc(Br)ccc2F)CCCC1. The van der Waals surface area contributed by atoms with Crippen molar-refractivity contribution in [2.75, 3.05) is 13.2 Å². The van der Waals surface area contributed by atoms with Crippen LogP contribution in [0.2, 0.25) is 0 Å². The van der Waals surface area contributed by atoms with E-state index in [0.717, 1.165) is 23.9 Å². The maximum Gasteiger partial charge on any atom is 0.127 e. The van der Waals surface area contributed by atoms with Crippen LogP contribution in [0.4, 0.5) is 4.39 Å². The van der Waals surface area contributed by atoms with Gasteiger partial charge in [-0.15, -0.1) is 0 Å². The first-order valence-electron chi connectivity index (χ1n) is 6.41. The van der Waals surface area contributed by atoms with E-state index in [0.29, 0.717) is 12.1 Å². The number of halogens is 2. The molecule has 0 saturated heterocycles. The Kier molecular flexibility index (Phi) is 4.76. The lowest BCUT2D eigenvalue weighted by Crippen LogP contribution is -2.35. The molecule has 0 bridgehead atoms. The molecule has 2 rings (SSSR count). The molecule has 2 nitrogen and oxygen atoms in total. The summed E-state index contributed by atoms with van der Waals surface area (Å²) in [5.41, 5.74) is 0.679. The van der Waals surface area contributed by atoms with Gasteiger partial charge >= 0.3 is 0 Å². The third kappa shape index (κ3) is 3.31. The predicted molar refractivity (Wildman–Crippen MR) is 73.8 cm³/mol. The lowest BCUT2D eigenvalue weighted by atomic mass is 9.87. The van der Waals surface area contributed by atoms with E-state index in [1.165, 1.54) is 18.9 Å². The zero-order valence-electron chi connectivity index (χ0n) is 10.4. The number of benzene rings is 1. The van der Waals surface area contributed by atoms with E-state index >= 15 is 0 Å². The van der Waals surface area contributed by atoms with E-state index in [2.05, 4.69) is 21.2 Å². The van der Waals surface area contributed by atoms with Crippen molar-refractivity contribution < 1.29 is 9.50 Å². The molecule has 18 heavy (non-hydrogen) atoms. The van der Waals surface area contributed by atoms with Gasteiger partial charge in [-0.2, -0.15) is 0 Å². The van der Waals surface area contributed by atoms with Crippen LogP contribution in [0.15, 0.2) is 22.7 Å². The fraction of sp³-hybridized carbons (Fsp3) is 0.571. The van der Waals surface area contributed by atoms with Crippen LogP contribution < -0.4 is 5.32 Å². The molecule has 0 aliphatic heterocycles. The van der Waals surface area contributed by atoms with Gasteiger partial charge in [0, 0.05) is 35.1 Å². The first-order chi connectivity index (χ1) is 8.65. The Morgan fingerprint density at radius 1 is 1.33 bits per heavy atom. The van der Waals surface area contributed by atoms with Crippen molar-refractivity contribution in [2.24, 2.45) is 5.41 Å². The van der Waals surface area contributed by atoms with Crippen LogP contribution in [0.3, 0.4) is 0 Å². The number of aliphatic hydroxyl groups is 1. The Morgan fingerprint density at radius 2 is 2.06 bits per heavy atom. The zero-order chi connectivity index (χ0) is 13.0. The van der Waals surface area contributed by atoms with Crippen molar-refractivity contribution in [3.05, 3.63) is 34.1 Å². The number of nitrogens with one attached hydrogen (secondary N) is 1. The van der Waals surface area contributed by atoms with Gasteiger partial charge in [0.15, 0.2) is 0 Å². The second-order valence-corrected chi connectivity index (χ2v) is 6.12. The Bertz CT molecular complexity index is 405. The largest absolute Gasteiger partial charge is 0.396 e. The van der Waals surface area contributed by atoms with Crippen LogP contribution in [-0.2, 0) is 6.54 Å².